The van der Waals surface area contributed by atoms with Gasteiger partial charge in [0.05, 0.1) is 0 Å². The highest BCUT2D eigenvalue weighted by Gasteiger charge is 2.32. The SMILES string of the molecule is CCC(C)(C)C(CC(C)(C)C)c1ccc(OC(=O)/C=C/c2cccn2C)cc1. The molecule has 2 rings (SSSR count). The van der Waals surface area contributed by atoms with Crippen molar-refractivity contribution in [2.75, 3.05) is 0 Å². The highest BCUT2D eigenvalue weighted by atomic mass is 16.5. The summed E-state index contributed by atoms with van der Waals surface area (Å²) in [6, 6.07) is 11.9. The van der Waals surface area contributed by atoms with E-state index in [9.17, 15) is 4.79 Å². The molecule has 1 atom stereocenters. The van der Waals surface area contributed by atoms with E-state index in [0.29, 0.717) is 11.7 Å². The first kappa shape index (κ1) is 22.0. The highest BCUT2D eigenvalue weighted by Crippen LogP contribution is 2.45. The summed E-state index contributed by atoms with van der Waals surface area (Å²) in [5.74, 6) is 0.669. The Morgan fingerprint density at radius 2 is 1.75 bits per heavy atom. The first-order chi connectivity index (χ1) is 13.0. The van der Waals surface area contributed by atoms with E-state index >= 15 is 0 Å². The van der Waals surface area contributed by atoms with Crippen molar-refractivity contribution in [3.05, 3.63) is 59.9 Å². The van der Waals surface area contributed by atoms with Crippen molar-refractivity contribution < 1.29 is 9.53 Å². The van der Waals surface area contributed by atoms with Crippen molar-refractivity contribution in [1.29, 1.82) is 0 Å². The number of esters is 1. The molecule has 3 nitrogen and oxygen atoms in total. The number of aromatic nitrogens is 1. The first-order valence-corrected chi connectivity index (χ1v) is 10.1. The number of nitrogens with zero attached hydrogens (tertiary/aromatic N) is 1. The average molecular weight is 382 g/mol. The molecule has 2 aromatic rings. The van der Waals surface area contributed by atoms with Gasteiger partial charge in [-0.1, -0.05) is 60.1 Å². The monoisotopic (exact) mass is 381 g/mol. The van der Waals surface area contributed by atoms with Gasteiger partial charge in [0, 0.05) is 25.0 Å². The largest absolute Gasteiger partial charge is 0.423 e. The van der Waals surface area contributed by atoms with Crippen molar-refractivity contribution in [3.8, 4) is 5.75 Å². The Kier molecular flexibility index (Phi) is 6.92. The third-order valence-corrected chi connectivity index (χ3v) is 5.55. The molecule has 0 bridgehead atoms. The number of aryl methyl sites for hydroxylation is 1. The van der Waals surface area contributed by atoms with Crippen molar-refractivity contribution in [2.45, 2.75) is 60.3 Å². The molecule has 0 spiro atoms. The maximum absolute atomic E-state index is 12.1. The molecule has 1 aromatic carbocycles. The number of carbonyl (C=O) groups is 1. The summed E-state index contributed by atoms with van der Waals surface area (Å²) in [6.45, 7) is 13.8. The van der Waals surface area contributed by atoms with E-state index in [2.05, 4.69) is 53.7 Å². The summed E-state index contributed by atoms with van der Waals surface area (Å²) < 4.78 is 7.41. The summed E-state index contributed by atoms with van der Waals surface area (Å²) in [6.07, 6.45) is 7.40. The van der Waals surface area contributed by atoms with E-state index in [-0.39, 0.29) is 16.8 Å². The predicted molar refractivity (Wildman–Crippen MR) is 117 cm³/mol. The minimum Gasteiger partial charge on any atom is -0.423 e. The van der Waals surface area contributed by atoms with E-state index in [4.69, 9.17) is 4.74 Å². The lowest BCUT2D eigenvalue weighted by atomic mass is 9.67. The van der Waals surface area contributed by atoms with E-state index in [1.165, 1.54) is 11.6 Å². The second-order valence-electron chi connectivity index (χ2n) is 9.53. The van der Waals surface area contributed by atoms with Crippen molar-refractivity contribution in [2.24, 2.45) is 17.9 Å². The number of rotatable bonds is 7. The zero-order valence-corrected chi connectivity index (χ0v) is 18.5. The van der Waals surface area contributed by atoms with Crippen LogP contribution in [0.4, 0.5) is 0 Å². The Hall–Kier alpha value is -2.29. The summed E-state index contributed by atoms with van der Waals surface area (Å²) in [5.41, 5.74) is 2.73. The van der Waals surface area contributed by atoms with Crippen LogP contribution in [0.5, 0.6) is 5.75 Å². The number of carbonyl (C=O) groups excluding carboxylic acids is 1. The average Bonchev–Trinajstić information content (AvgIpc) is 3.03. The van der Waals surface area contributed by atoms with Crippen LogP contribution in [-0.4, -0.2) is 10.5 Å². The Bertz CT molecular complexity index is 804. The standard InChI is InChI=1S/C25H35NO2/c1-8-25(5,6)22(18-24(2,3)4)19-11-14-21(15-12-19)28-23(27)16-13-20-10-9-17-26(20)7/h9-17,22H,8,18H2,1-7H3/b16-13+. The Balaban J connectivity index is 2.11. The normalized spacial score (nSPS) is 13.7. The van der Waals surface area contributed by atoms with Crippen LogP contribution in [0.15, 0.2) is 48.7 Å². The lowest BCUT2D eigenvalue weighted by molar-refractivity contribution is -0.128. The van der Waals surface area contributed by atoms with Gasteiger partial charge in [-0.3, -0.25) is 0 Å². The molecule has 152 valence electrons. The van der Waals surface area contributed by atoms with Crippen molar-refractivity contribution in [3.63, 3.8) is 0 Å². The molecule has 0 fully saturated rings. The summed E-state index contributed by atoms with van der Waals surface area (Å²) >= 11 is 0. The van der Waals surface area contributed by atoms with E-state index in [1.54, 1.807) is 6.08 Å². The molecule has 0 radical (unpaired) electrons. The summed E-state index contributed by atoms with van der Waals surface area (Å²) in [4.78, 5) is 12.1. The van der Waals surface area contributed by atoms with Gasteiger partial charge in [-0.2, -0.15) is 0 Å². The molecular formula is C25H35NO2. The minimum atomic E-state index is -0.367. The van der Waals surface area contributed by atoms with Gasteiger partial charge in [-0.05, 0) is 59.1 Å². The Labute approximate surface area is 170 Å². The molecule has 28 heavy (non-hydrogen) atoms. The molecule has 0 aliphatic rings. The van der Waals surface area contributed by atoms with Gasteiger partial charge in [0.1, 0.15) is 5.75 Å². The maximum atomic E-state index is 12.1. The third-order valence-electron chi connectivity index (χ3n) is 5.55. The molecule has 0 saturated carbocycles. The predicted octanol–water partition coefficient (Wildman–Crippen LogP) is 6.60. The number of hydrogen-bond acceptors (Lipinski definition) is 2. The van der Waals surface area contributed by atoms with Gasteiger partial charge in [0.15, 0.2) is 0 Å². The molecule has 1 aromatic heterocycles. The highest BCUT2D eigenvalue weighted by molar-refractivity contribution is 5.88. The topological polar surface area (TPSA) is 31.2 Å². The van der Waals surface area contributed by atoms with Gasteiger partial charge < -0.3 is 9.30 Å². The lowest BCUT2D eigenvalue weighted by Gasteiger charge is -2.38. The molecule has 0 aliphatic heterocycles. The van der Waals surface area contributed by atoms with Crippen LogP contribution in [0, 0.1) is 10.8 Å². The van der Waals surface area contributed by atoms with Crippen LogP contribution in [0.1, 0.15) is 71.6 Å². The second-order valence-corrected chi connectivity index (χ2v) is 9.53. The van der Waals surface area contributed by atoms with Crippen molar-refractivity contribution >= 4 is 12.0 Å². The fourth-order valence-corrected chi connectivity index (χ4v) is 3.42. The maximum Gasteiger partial charge on any atom is 0.336 e. The number of hydrogen-bond donors (Lipinski definition) is 0. The second kappa shape index (κ2) is 8.81. The zero-order chi connectivity index (χ0) is 20.9. The fraction of sp³-hybridized carbons (Fsp3) is 0.480. The van der Waals surface area contributed by atoms with E-state index in [1.807, 2.05) is 42.1 Å². The van der Waals surface area contributed by atoms with Crippen LogP contribution in [0.3, 0.4) is 0 Å². The molecule has 0 N–H and O–H groups in total. The quantitative estimate of drug-likeness (QED) is 0.307. The first-order valence-electron chi connectivity index (χ1n) is 10.1. The van der Waals surface area contributed by atoms with Crippen LogP contribution < -0.4 is 4.74 Å². The van der Waals surface area contributed by atoms with Gasteiger partial charge in [0.25, 0.3) is 0 Å². The molecule has 0 aliphatic carbocycles. The Morgan fingerprint density at radius 1 is 1.11 bits per heavy atom. The third kappa shape index (κ3) is 6.12. The Morgan fingerprint density at radius 3 is 2.25 bits per heavy atom. The molecular weight excluding hydrogens is 346 g/mol. The van der Waals surface area contributed by atoms with E-state index < -0.39 is 0 Å². The van der Waals surface area contributed by atoms with Gasteiger partial charge in [0.2, 0.25) is 0 Å². The van der Waals surface area contributed by atoms with Gasteiger partial charge >= 0.3 is 5.97 Å². The van der Waals surface area contributed by atoms with Crippen LogP contribution in [0.25, 0.3) is 6.08 Å². The fourth-order valence-electron chi connectivity index (χ4n) is 3.42. The van der Waals surface area contributed by atoms with Crippen LogP contribution >= 0.6 is 0 Å². The molecule has 3 heteroatoms. The van der Waals surface area contributed by atoms with Crippen LogP contribution in [-0.2, 0) is 11.8 Å². The van der Waals surface area contributed by atoms with Gasteiger partial charge in [-0.15, -0.1) is 0 Å². The minimum absolute atomic E-state index is 0.212. The zero-order valence-electron chi connectivity index (χ0n) is 18.5. The molecule has 1 heterocycles. The number of benzene rings is 1. The summed E-state index contributed by atoms with van der Waals surface area (Å²) in [7, 11) is 1.94. The summed E-state index contributed by atoms with van der Waals surface area (Å²) in [5, 5.41) is 0. The lowest BCUT2D eigenvalue weighted by Crippen LogP contribution is -2.26. The molecule has 0 saturated heterocycles. The van der Waals surface area contributed by atoms with Crippen LogP contribution in [0.2, 0.25) is 0 Å². The molecule has 0 amide bonds. The van der Waals surface area contributed by atoms with Gasteiger partial charge in [-0.25, -0.2) is 4.79 Å². The molecule has 1 unspecified atom stereocenters. The van der Waals surface area contributed by atoms with E-state index in [0.717, 1.165) is 18.5 Å². The number of ether oxygens (including phenoxy) is 1. The smallest absolute Gasteiger partial charge is 0.336 e. The van der Waals surface area contributed by atoms with Crippen molar-refractivity contribution in [1.82, 2.24) is 4.57 Å².